The highest BCUT2D eigenvalue weighted by Gasteiger charge is 2.18. The third kappa shape index (κ3) is 9.97. The number of nitrogens with zero attached hydrogens (tertiary/aromatic N) is 3. The maximum Gasteiger partial charge on any atom is 0.0476 e. The maximum atomic E-state index is 6.58. The smallest absolute Gasteiger partial charge is 0.0476 e. The third-order valence-electron chi connectivity index (χ3n) is 12.7. The number of hydrogen-bond donors (Lipinski definition) is 0. The predicted octanol–water partition coefficient (Wildman–Crippen LogP) is 19.3. The minimum absolute atomic E-state index is 0.697. The number of anilines is 9. The van der Waals surface area contributed by atoms with E-state index < -0.39 is 0 Å². The molecule has 0 radical (unpaired) electrons. The van der Waals surface area contributed by atoms with E-state index in [-0.39, 0.29) is 0 Å². The van der Waals surface area contributed by atoms with Gasteiger partial charge in [0.15, 0.2) is 0 Å². The SMILES string of the molecule is Cc1cccc(N(c2ccc(-c3cc(-c4ccc(N(c5cccc(C)c5)c5cccc(C)c5)cc4)cc(-c4ccc(N(c5cccc(C)c5)c5cccc(Cl)c5)cc4)c3)cc2)c2cccc(C)c2)c1. The first-order valence-corrected chi connectivity index (χ1v) is 24.0. The lowest BCUT2D eigenvalue weighted by Gasteiger charge is -2.26. The molecule has 0 aliphatic carbocycles. The standard InChI is InChI=1S/C65H54ClN3/c1-45-12-6-18-60(36-45)67(61-19-7-13-46(2)37-61)57-30-24-50(25-31-57)53-41-54(51-26-32-58(33-27-51)68(62-20-8-14-47(3)38-62)63-21-9-15-48(4)39-63)43-55(42-53)52-28-34-59(35-29-52)69(64-22-10-16-49(5)40-64)65-23-11-17-56(66)44-65/h6-44H,1-5H3. The zero-order valence-electron chi connectivity index (χ0n) is 39.7. The first-order valence-electron chi connectivity index (χ1n) is 23.6. The van der Waals surface area contributed by atoms with Crippen molar-refractivity contribution in [2.75, 3.05) is 14.7 Å². The summed E-state index contributed by atoms with van der Waals surface area (Å²) in [7, 11) is 0. The number of hydrogen-bond acceptors (Lipinski definition) is 3. The Balaban J connectivity index is 1.07. The fraction of sp³-hybridized carbons (Fsp3) is 0.0769. The highest BCUT2D eigenvalue weighted by molar-refractivity contribution is 6.30. The number of halogens is 1. The number of rotatable bonds is 12. The Hall–Kier alpha value is -8.11. The molecule has 0 heterocycles. The van der Waals surface area contributed by atoms with Crippen LogP contribution in [0.5, 0.6) is 0 Å². The Kier molecular flexibility index (Phi) is 12.7. The second-order valence-electron chi connectivity index (χ2n) is 18.1. The number of benzene rings is 10. The van der Waals surface area contributed by atoms with E-state index in [4.69, 9.17) is 11.6 Å². The van der Waals surface area contributed by atoms with Gasteiger partial charge in [-0.3, -0.25) is 0 Å². The molecule has 0 saturated carbocycles. The average molecular weight is 913 g/mol. The van der Waals surface area contributed by atoms with E-state index in [0.717, 1.165) is 84.6 Å². The highest BCUT2D eigenvalue weighted by atomic mass is 35.5. The van der Waals surface area contributed by atoms with Gasteiger partial charge in [0, 0.05) is 56.2 Å². The Labute approximate surface area is 412 Å². The van der Waals surface area contributed by atoms with E-state index in [2.05, 4.69) is 268 Å². The molecule has 3 nitrogen and oxygen atoms in total. The molecule has 10 rings (SSSR count). The minimum Gasteiger partial charge on any atom is -0.310 e. The van der Waals surface area contributed by atoms with Crippen LogP contribution in [0.1, 0.15) is 27.8 Å². The van der Waals surface area contributed by atoms with Gasteiger partial charge in [0.25, 0.3) is 0 Å². The molecule has 69 heavy (non-hydrogen) atoms. The van der Waals surface area contributed by atoms with E-state index in [1.54, 1.807) is 0 Å². The predicted molar refractivity (Wildman–Crippen MR) is 295 cm³/mol. The molecule has 0 atom stereocenters. The fourth-order valence-corrected chi connectivity index (χ4v) is 9.51. The minimum atomic E-state index is 0.697. The second-order valence-corrected chi connectivity index (χ2v) is 18.6. The molecule has 0 fully saturated rings. The topological polar surface area (TPSA) is 9.72 Å². The van der Waals surface area contributed by atoms with Crippen LogP contribution in [0.2, 0.25) is 5.02 Å². The zero-order valence-corrected chi connectivity index (χ0v) is 40.5. The maximum absolute atomic E-state index is 6.58. The Morgan fingerprint density at radius 1 is 0.217 bits per heavy atom. The zero-order chi connectivity index (χ0) is 47.4. The lowest BCUT2D eigenvalue weighted by atomic mass is 9.93. The molecule has 0 bridgehead atoms. The largest absolute Gasteiger partial charge is 0.310 e. The molecular weight excluding hydrogens is 858 g/mol. The van der Waals surface area contributed by atoms with Crippen LogP contribution in [0.4, 0.5) is 51.2 Å². The molecule has 0 saturated heterocycles. The van der Waals surface area contributed by atoms with Gasteiger partial charge in [-0.2, -0.15) is 0 Å². The molecule has 0 aliphatic rings. The van der Waals surface area contributed by atoms with Gasteiger partial charge in [-0.25, -0.2) is 0 Å². The van der Waals surface area contributed by atoms with E-state index in [9.17, 15) is 0 Å². The van der Waals surface area contributed by atoms with Gasteiger partial charge in [0.1, 0.15) is 0 Å². The van der Waals surface area contributed by atoms with Gasteiger partial charge in [-0.1, -0.05) is 115 Å². The van der Waals surface area contributed by atoms with Crippen LogP contribution in [0.25, 0.3) is 33.4 Å². The second kappa shape index (κ2) is 19.6. The Bertz CT molecular complexity index is 2900. The van der Waals surface area contributed by atoms with Crippen LogP contribution in [-0.4, -0.2) is 0 Å². The van der Waals surface area contributed by atoms with Gasteiger partial charge >= 0.3 is 0 Å². The molecule has 0 unspecified atom stereocenters. The van der Waals surface area contributed by atoms with Crippen LogP contribution in [0.15, 0.2) is 237 Å². The molecule has 0 amide bonds. The van der Waals surface area contributed by atoms with Gasteiger partial charge in [-0.05, 0) is 229 Å². The Morgan fingerprint density at radius 3 is 0.681 bits per heavy atom. The molecule has 10 aromatic carbocycles. The van der Waals surface area contributed by atoms with Gasteiger partial charge in [0.05, 0.1) is 0 Å². The summed E-state index contributed by atoms with van der Waals surface area (Å²) in [6.07, 6.45) is 0. The summed E-state index contributed by atoms with van der Waals surface area (Å²) in [6, 6.07) is 85.4. The summed E-state index contributed by atoms with van der Waals surface area (Å²) in [6.45, 7) is 10.7. The molecule has 0 spiro atoms. The van der Waals surface area contributed by atoms with Crippen molar-refractivity contribution >= 4 is 62.8 Å². The molecule has 0 N–H and O–H groups in total. The summed E-state index contributed by atoms with van der Waals surface area (Å²) in [5, 5.41) is 0.697. The quantitative estimate of drug-likeness (QED) is 0.121. The summed E-state index contributed by atoms with van der Waals surface area (Å²) < 4.78 is 0. The average Bonchev–Trinajstić information content (AvgIpc) is 3.35. The van der Waals surface area contributed by atoms with Gasteiger partial charge in [-0.15, -0.1) is 0 Å². The molecule has 0 aromatic heterocycles. The third-order valence-corrected chi connectivity index (χ3v) is 12.9. The van der Waals surface area contributed by atoms with Gasteiger partial charge in [0.2, 0.25) is 0 Å². The van der Waals surface area contributed by atoms with Crippen LogP contribution in [0.3, 0.4) is 0 Å². The monoisotopic (exact) mass is 911 g/mol. The van der Waals surface area contributed by atoms with Crippen molar-refractivity contribution in [3.05, 3.63) is 269 Å². The van der Waals surface area contributed by atoms with Crippen molar-refractivity contribution in [3.63, 3.8) is 0 Å². The molecule has 4 heteroatoms. The van der Waals surface area contributed by atoms with Crippen LogP contribution in [0, 0.1) is 34.6 Å². The summed E-state index contributed by atoms with van der Waals surface area (Å²) in [5.41, 5.74) is 22.7. The Morgan fingerprint density at radius 2 is 0.449 bits per heavy atom. The van der Waals surface area contributed by atoms with E-state index in [0.29, 0.717) is 5.02 Å². The molecular formula is C65H54ClN3. The fourth-order valence-electron chi connectivity index (χ4n) is 9.33. The van der Waals surface area contributed by atoms with Crippen molar-refractivity contribution in [1.82, 2.24) is 0 Å². The lowest BCUT2D eigenvalue weighted by Crippen LogP contribution is -2.10. The van der Waals surface area contributed by atoms with Crippen LogP contribution < -0.4 is 14.7 Å². The molecule has 10 aromatic rings. The summed E-state index contributed by atoms with van der Waals surface area (Å²) in [5.74, 6) is 0. The van der Waals surface area contributed by atoms with Crippen molar-refractivity contribution in [2.24, 2.45) is 0 Å². The van der Waals surface area contributed by atoms with Crippen molar-refractivity contribution in [1.29, 1.82) is 0 Å². The van der Waals surface area contributed by atoms with Crippen molar-refractivity contribution in [3.8, 4) is 33.4 Å². The lowest BCUT2D eigenvalue weighted by molar-refractivity contribution is 1.26. The molecule has 336 valence electrons. The summed E-state index contributed by atoms with van der Waals surface area (Å²) in [4.78, 5) is 6.95. The van der Waals surface area contributed by atoms with E-state index in [1.165, 1.54) is 27.8 Å². The number of aryl methyl sites for hydroxylation is 5. The van der Waals surface area contributed by atoms with Gasteiger partial charge < -0.3 is 14.7 Å². The first-order chi connectivity index (χ1) is 33.6. The van der Waals surface area contributed by atoms with Crippen molar-refractivity contribution < 1.29 is 0 Å². The highest BCUT2D eigenvalue weighted by Crippen LogP contribution is 2.42. The van der Waals surface area contributed by atoms with Crippen molar-refractivity contribution in [2.45, 2.75) is 34.6 Å². The normalized spacial score (nSPS) is 11.0. The van der Waals surface area contributed by atoms with E-state index >= 15 is 0 Å². The summed E-state index contributed by atoms with van der Waals surface area (Å²) >= 11 is 6.58. The first kappa shape index (κ1) is 44.7. The van der Waals surface area contributed by atoms with Crippen LogP contribution in [-0.2, 0) is 0 Å². The molecule has 0 aliphatic heterocycles. The van der Waals surface area contributed by atoms with Crippen LogP contribution >= 0.6 is 11.6 Å². The van der Waals surface area contributed by atoms with E-state index in [1.807, 2.05) is 18.2 Å².